The molecule has 1 N–H and O–H groups in total. The molecule has 0 spiro atoms. The van der Waals surface area contributed by atoms with Gasteiger partial charge in [0.15, 0.2) is 5.69 Å². The molecule has 0 saturated carbocycles. The van der Waals surface area contributed by atoms with Crippen molar-refractivity contribution in [2.45, 2.75) is 26.2 Å². The summed E-state index contributed by atoms with van der Waals surface area (Å²) in [5.41, 5.74) is 1.66. The number of alkyl halides is 3. The van der Waals surface area contributed by atoms with Crippen molar-refractivity contribution in [2.75, 3.05) is 0 Å². The first-order valence-electron chi connectivity index (χ1n) is 6.07. The minimum absolute atomic E-state index is 0.310. The molecule has 2 aromatic rings. The van der Waals surface area contributed by atoms with Crippen LogP contribution < -0.4 is 5.32 Å². The van der Waals surface area contributed by atoms with Crippen molar-refractivity contribution < 1.29 is 13.2 Å². The lowest BCUT2D eigenvalue weighted by Gasteiger charge is -2.06. The van der Waals surface area contributed by atoms with E-state index in [4.69, 9.17) is 0 Å². The molecule has 2 rings (SSSR count). The molecule has 0 atom stereocenters. The predicted octanol–water partition coefficient (Wildman–Crippen LogP) is 1.77. The molecule has 0 aliphatic heterocycles. The fourth-order valence-electron chi connectivity index (χ4n) is 1.95. The lowest BCUT2D eigenvalue weighted by molar-refractivity contribution is -0.141. The molecule has 5 nitrogen and oxygen atoms in total. The standard InChI is InChI=1S/C12H16F3N5/c1-8-5-17-20(3)10(8)7-16-6-9-4-11(12(13,14)15)18-19(9)2/h4-5,16H,6-7H2,1-3H3. The molecule has 2 heterocycles. The molecule has 20 heavy (non-hydrogen) atoms. The number of hydrogen-bond donors (Lipinski definition) is 1. The van der Waals surface area contributed by atoms with Crippen molar-refractivity contribution in [1.29, 1.82) is 0 Å². The maximum Gasteiger partial charge on any atom is 0.435 e. The Labute approximate surface area is 114 Å². The van der Waals surface area contributed by atoms with Crippen molar-refractivity contribution in [3.05, 3.63) is 34.9 Å². The number of hydrogen-bond acceptors (Lipinski definition) is 3. The second-order valence-electron chi connectivity index (χ2n) is 4.64. The van der Waals surface area contributed by atoms with E-state index >= 15 is 0 Å². The molecule has 0 saturated heterocycles. The largest absolute Gasteiger partial charge is 0.435 e. The van der Waals surface area contributed by atoms with Crippen LogP contribution in [0.2, 0.25) is 0 Å². The number of halogens is 3. The quantitative estimate of drug-likeness (QED) is 0.932. The van der Waals surface area contributed by atoms with Crippen LogP contribution in [0.15, 0.2) is 12.3 Å². The fourth-order valence-corrected chi connectivity index (χ4v) is 1.95. The first-order chi connectivity index (χ1) is 9.29. The van der Waals surface area contributed by atoms with Crippen molar-refractivity contribution in [3.63, 3.8) is 0 Å². The summed E-state index contributed by atoms with van der Waals surface area (Å²) < 4.78 is 40.6. The third kappa shape index (κ3) is 3.01. The summed E-state index contributed by atoms with van der Waals surface area (Å²) in [6, 6.07) is 1.06. The molecule has 0 amide bonds. The Kier molecular flexibility index (Phi) is 3.85. The topological polar surface area (TPSA) is 47.7 Å². The van der Waals surface area contributed by atoms with E-state index < -0.39 is 11.9 Å². The van der Waals surface area contributed by atoms with Gasteiger partial charge in [0.2, 0.25) is 0 Å². The first-order valence-corrected chi connectivity index (χ1v) is 6.07. The van der Waals surface area contributed by atoms with E-state index in [-0.39, 0.29) is 0 Å². The summed E-state index contributed by atoms with van der Waals surface area (Å²) >= 11 is 0. The highest BCUT2D eigenvalue weighted by Crippen LogP contribution is 2.28. The van der Waals surface area contributed by atoms with Crippen LogP contribution in [0, 0.1) is 6.92 Å². The molecule has 0 unspecified atom stereocenters. The van der Waals surface area contributed by atoms with Gasteiger partial charge in [-0.2, -0.15) is 23.4 Å². The Morgan fingerprint density at radius 2 is 1.90 bits per heavy atom. The average Bonchev–Trinajstić information content (AvgIpc) is 2.86. The molecule has 0 aliphatic carbocycles. The molecule has 2 aromatic heterocycles. The number of nitrogens with zero attached hydrogens (tertiary/aromatic N) is 4. The van der Waals surface area contributed by atoms with Crippen LogP contribution in [0.1, 0.15) is 22.6 Å². The first kappa shape index (κ1) is 14.6. The van der Waals surface area contributed by atoms with Crippen LogP contribution in [0.25, 0.3) is 0 Å². The Morgan fingerprint density at radius 3 is 2.40 bits per heavy atom. The predicted molar refractivity (Wildman–Crippen MR) is 66.7 cm³/mol. The molecule has 0 bridgehead atoms. The fraction of sp³-hybridized carbons (Fsp3) is 0.500. The highest BCUT2D eigenvalue weighted by molar-refractivity contribution is 5.16. The highest BCUT2D eigenvalue weighted by atomic mass is 19.4. The molecule has 0 aliphatic rings. The molecule has 8 heteroatoms. The average molecular weight is 287 g/mol. The van der Waals surface area contributed by atoms with E-state index in [2.05, 4.69) is 15.5 Å². The van der Waals surface area contributed by atoms with Crippen molar-refractivity contribution in [3.8, 4) is 0 Å². The van der Waals surface area contributed by atoms with Gasteiger partial charge in [-0.3, -0.25) is 9.36 Å². The van der Waals surface area contributed by atoms with Gasteiger partial charge >= 0.3 is 6.18 Å². The van der Waals surface area contributed by atoms with Gasteiger partial charge in [-0.1, -0.05) is 0 Å². The Hall–Kier alpha value is -1.83. The zero-order valence-electron chi connectivity index (χ0n) is 11.5. The van der Waals surface area contributed by atoms with Crippen LogP contribution in [0.3, 0.4) is 0 Å². The summed E-state index contributed by atoms with van der Waals surface area (Å²) in [4.78, 5) is 0. The third-order valence-corrected chi connectivity index (χ3v) is 3.14. The molecular weight excluding hydrogens is 271 g/mol. The van der Waals surface area contributed by atoms with Gasteiger partial charge in [-0.15, -0.1) is 0 Å². The van der Waals surface area contributed by atoms with Gasteiger partial charge in [0.25, 0.3) is 0 Å². The van der Waals surface area contributed by atoms with Gasteiger partial charge < -0.3 is 5.32 Å². The van der Waals surface area contributed by atoms with E-state index in [9.17, 15) is 13.2 Å². The molecule has 0 aromatic carbocycles. The number of aromatic nitrogens is 4. The SMILES string of the molecule is Cc1cnn(C)c1CNCc1cc(C(F)(F)F)nn1C. The van der Waals surface area contributed by atoms with Crippen molar-refractivity contribution >= 4 is 0 Å². The Bertz CT molecular complexity index is 577. The van der Waals surface area contributed by atoms with Crippen LogP contribution in [-0.2, 0) is 33.4 Å². The highest BCUT2D eigenvalue weighted by Gasteiger charge is 2.34. The second kappa shape index (κ2) is 5.28. The lowest BCUT2D eigenvalue weighted by atomic mass is 10.2. The zero-order valence-corrected chi connectivity index (χ0v) is 11.5. The monoisotopic (exact) mass is 287 g/mol. The Morgan fingerprint density at radius 1 is 1.20 bits per heavy atom. The smallest absolute Gasteiger partial charge is 0.306 e. The van der Waals surface area contributed by atoms with Crippen molar-refractivity contribution in [2.24, 2.45) is 14.1 Å². The maximum absolute atomic E-state index is 12.5. The van der Waals surface area contributed by atoms with Gasteiger partial charge in [0.1, 0.15) is 0 Å². The zero-order chi connectivity index (χ0) is 14.9. The summed E-state index contributed by atoms with van der Waals surface area (Å²) in [6.07, 6.45) is -2.66. The minimum Gasteiger partial charge on any atom is -0.306 e. The van der Waals surface area contributed by atoms with Gasteiger partial charge in [0, 0.05) is 27.2 Å². The number of aryl methyl sites for hydroxylation is 3. The van der Waals surface area contributed by atoms with Gasteiger partial charge in [-0.25, -0.2) is 0 Å². The van der Waals surface area contributed by atoms with Gasteiger partial charge in [0.05, 0.1) is 17.6 Å². The van der Waals surface area contributed by atoms with E-state index in [1.807, 2.05) is 14.0 Å². The van der Waals surface area contributed by atoms with Gasteiger partial charge in [-0.05, 0) is 18.6 Å². The van der Waals surface area contributed by atoms with E-state index in [0.717, 1.165) is 17.3 Å². The molecule has 0 fully saturated rings. The Balaban J connectivity index is 2.00. The summed E-state index contributed by atoms with van der Waals surface area (Å²) in [7, 11) is 3.33. The van der Waals surface area contributed by atoms with E-state index in [0.29, 0.717) is 18.8 Å². The minimum atomic E-state index is -4.41. The molecule has 0 radical (unpaired) electrons. The summed E-state index contributed by atoms with van der Waals surface area (Å²) in [5, 5.41) is 10.7. The second-order valence-corrected chi connectivity index (χ2v) is 4.64. The summed E-state index contributed by atoms with van der Waals surface area (Å²) in [5.74, 6) is 0. The van der Waals surface area contributed by atoms with E-state index in [1.165, 1.54) is 11.7 Å². The summed E-state index contributed by atoms with van der Waals surface area (Å²) in [6.45, 7) is 2.79. The maximum atomic E-state index is 12.5. The van der Waals surface area contributed by atoms with Crippen LogP contribution in [0.5, 0.6) is 0 Å². The number of rotatable bonds is 4. The van der Waals surface area contributed by atoms with Crippen molar-refractivity contribution in [1.82, 2.24) is 24.9 Å². The van der Waals surface area contributed by atoms with Crippen LogP contribution in [-0.4, -0.2) is 19.6 Å². The van der Waals surface area contributed by atoms with Crippen LogP contribution >= 0.6 is 0 Å². The number of nitrogens with one attached hydrogen (secondary N) is 1. The third-order valence-electron chi connectivity index (χ3n) is 3.14. The normalized spacial score (nSPS) is 12.1. The lowest BCUT2D eigenvalue weighted by Crippen LogP contribution is -2.17. The van der Waals surface area contributed by atoms with Crippen LogP contribution in [0.4, 0.5) is 13.2 Å². The van der Waals surface area contributed by atoms with E-state index in [1.54, 1.807) is 10.9 Å². The molecular formula is C12H16F3N5. The molecule has 110 valence electrons.